The van der Waals surface area contributed by atoms with Gasteiger partial charge >= 0.3 is 0 Å². The summed E-state index contributed by atoms with van der Waals surface area (Å²) in [6.45, 7) is 6.87. The van der Waals surface area contributed by atoms with E-state index in [0.29, 0.717) is 11.7 Å². The standard InChI is InChI=1S/C26H33BrN5O2P/c1-17-9-23(32-8-7-26(2,25(32)33)21-5-6-21)13-24(30-17)31-34-35(4)16-18-10-19(12-22(27)11-18)20(14-28)15-29-3/h9-15,21,28-29H,5-8,16H2,1-4H3,(H,30,31)/b20-15+,28-14?/t26-,35?/m0/s1. The monoisotopic (exact) mass is 557 g/mol. The number of aromatic nitrogens is 1. The van der Waals surface area contributed by atoms with Gasteiger partial charge in [-0.3, -0.25) is 9.42 Å². The van der Waals surface area contributed by atoms with Crippen LogP contribution in [0.5, 0.6) is 0 Å². The molecule has 1 aliphatic carbocycles. The van der Waals surface area contributed by atoms with E-state index in [4.69, 9.17) is 10.0 Å². The van der Waals surface area contributed by atoms with Crippen LogP contribution in [0, 0.1) is 23.7 Å². The largest absolute Gasteiger partial charge is 0.393 e. The SMILES string of the molecule is CN/C=C(\C=N)c1cc(Br)cc(CP(C)ONc2cc(N3CC[C@@](C)(C4CC4)C3=O)cc(C)n2)c1. The number of rotatable bonds is 10. The van der Waals surface area contributed by atoms with Gasteiger partial charge in [0, 0.05) is 59.7 Å². The topological polar surface area (TPSA) is 90.3 Å². The smallest absolute Gasteiger partial charge is 0.233 e. The number of aryl methyl sites for hydroxylation is 1. The van der Waals surface area contributed by atoms with Crippen LogP contribution in [0.2, 0.25) is 0 Å². The zero-order valence-corrected chi connectivity index (χ0v) is 23.2. The molecule has 2 aromatic rings. The Labute approximate surface area is 217 Å². The summed E-state index contributed by atoms with van der Waals surface area (Å²) < 4.78 is 6.96. The van der Waals surface area contributed by atoms with Crippen LogP contribution in [0.3, 0.4) is 0 Å². The number of carbonyl (C=O) groups excluding carboxylic acids is 1. The van der Waals surface area contributed by atoms with Crippen molar-refractivity contribution in [3.63, 3.8) is 0 Å². The molecule has 2 aliphatic rings. The van der Waals surface area contributed by atoms with Gasteiger partial charge in [-0.2, -0.15) is 0 Å². The molecule has 186 valence electrons. The molecule has 7 nitrogen and oxygen atoms in total. The van der Waals surface area contributed by atoms with Gasteiger partial charge in [-0.05, 0) is 68.1 Å². The van der Waals surface area contributed by atoms with Gasteiger partial charge in [-0.25, -0.2) is 10.5 Å². The van der Waals surface area contributed by atoms with Crippen LogP contribution in [-0.2, 0) is 15.6 Å². The molecule has 35 heavy (non-hydrogen) atoms. The highest BCUT2D eigenvalue weighted by molar-refractivity contribution is 9.10. The fourth-order valence-corrected chi connectivity index (χ4v) is 6.30. The summed E-state index contributed by atoms with van der Waals surface area (Å²) in [5.41, 5.74) is 7.43. The number of hydrogen-bond acceptors (Lipinski definition) is 6. The lowest BCUT2D eigenvalue weighted by Gasteiger charge is -2.24. The van der Waals surface area contributed by atoms with E-state index < -0.39 is 8.15 Å². The van der Waals surface area contributed by atoms with Gasteiger partial charge in [0.1, 0.15) is 0 Å². The van der Waals surface area contributed by atoms with E-state index >= 15 is 0 Å². The molecular formula is C26H33BrN5O2P. The summed E-state index contributed by atoms with van der Waals surface area (Å²) in [6, 6.07) is 10.0. The second kappa shape index (κ2) is 10.8. The fraction of sp³-hybridized carbons (Fsp3) is 0.423. The Hall–Kier alpha value is -2.28. The lowest BCUT2D eigenvalue weighted by Crippen LogP contribution is -2.34. The van der Waals surface area contributed by atoms with Crippen LogP contribution >= 0.6 is 24.1 Å². The van der Waals surface area contributed by atoms with Crippen molar-refractivity contribution in [2.24, 2.45) is 11.3 Å². The van der Waals surface area contributed by atoms with Gasteiger partial charge in [-0.1, -0.05) is 28.9 Å². The van der Waals surface area contributed by atoms with Crippen LogP contribution in [0.15, 0.2) is 41.0 Å². The maximum absolute atomic E-state index is 13.2. The first-order valence-corrected chi connectivity index (χ1v) is 14.5. The van der Waals surface area contributed by atoms with Crippen molar-refractivity contribution in [1.82, 2.24) is 10.3 Å². The molecule has 1 saturated carbocycles. The summed E-state index contributed by atoms with van der Waals surface area (Å²) in [6.07, 6.45) is 7.14. The molecule has 1 amide bonds. The summed E-state index contributed by atoms with van der Waals surface area (Å²) in [5, 5.41) is 10.7. The molecule has 2 heterocycles. The Balaban J connectivity index is 1.42. The minimum absolute atomic E-state index is 0.220. The average Bonchev–Trinajstić information content (AvgIpc) is 3.62. The second-order valence-electron chi connectivity index (χ2n) is 9.61. The van der Waals surface area contributed by atoms with Crippen LogP contribution in [0.25, 0.3) is 5.57 Å². The van der Waals surface area contributed by atoms with Gasteiger partial charge in [0.25, 0.3) is 0 Å². The average molecular weight is 558 g/mol. The van der Waals surface area contributed by atoms with E-state index in [1.165, 1.54) is 19.1 Å². The van der Waals surface area contributed by atoms with Crippen molar-refractivity contribution in [2.75, 3.05) is 30.6 Å². The third-order valence-electron chi connectivity index (χ3n) is 6.77. The maximum atomic E-state index is 13.2. The molecule has 0 bridgehead atoms. The normalized spacial score (nSPS) is 21.2. The molecule has 1 saturated heterocycles. The first-order valence-electron chi connectivity index (χ1n) is 11.9. The molecule has 0 radical (unpaired) electrons. The van der Waals surface area contributed by atoms with Crippen molar-refractivity contribution in [3.05, 3.63) is 57.8 Å². The van der Waals surface area contributed by atoms with Gasteiger partial charge in [0.2, 0.25) is 5.91 Å². The predicted molar refractivity (Wildman–Crippen MR) is 148 cm³/mol. The molecule has 1 aromatic heterocycles. The Morgan fingerprint density at radius 1 is 1.34 bits per heavy atom. The molecule has 1 aliphatic heterocycles. The third-order valence-corrected chi connectivity index (χ3v) is 8.45. The number of nitrogens with one attached hydrogen (secondary N) is 3. The second-order valence-corrected chi connectivity index (χ2v) is 12.3. The molecular weight excluding hydrogens is 525 g/mol. The minimum Gasteiger partial charge on any atom is -0.393 e. The van der Waals surface area contributed by atoms with E-state index in [2.05, 4.69) is 57.4 Å². The van der Waals surface area contributed by atoms with Crippen molar-refractivity contribution in [2.45, 2.75) is 39.3 Å². The first-order chi connectivity index (χ1) is 16.7. The highest BCUT2D eigenvalue weighted by Gasteiger charge is 2.52. The molecule has 1 aromatic carbocycles. The van der Waals surface area contributed by atoms with Crippen LogP contribution in [0.4, 0.5) is 11.5 Å². The Bertz CT molecular complexity index is 1150. The highest BCUT2D eigenvalue weighted by Crippen LogP contribution is 2.52. The Morgan fingerprint density at radius 3 is 2.80 bits per heavy atom. The number of anilines is 2. The maximum Gasteiger partial charge on any atom is 0.233 e. The summed E-state index contributed by atoms with van der Waals surface area (Å²) in [5.74, 6) is 1.38. The van der Waals surface area contributed by atoms with Crippen molar-refractivity contribution in [1.29, 1.82) is 5.41 Å². The number of allylic oxidation sites excluding steroid dienone is 1. The van der Waals surface area contributed by atoms with E-state index in [1.807, 2.05) is 43.3 Å². The number of amides is 1. The molecule has 4 rings (SSSR count). The number of nitrogens with zero attached hydrogens (tertiary/aromatic N) is 2. The van der Waals surface area contributed by atoms with Crippen LogP contribution < -0.4 is 15.7 Å². The molecule has 9 heteroatoms. The van der Waals surface area contributed by atoms with E-state index in [0.717, 1.165) is 51.7 Å². The number of hydrogen-bond donors (Lipinski definition) is 3. The quantitative estimate of drug-likeness (QED) is 0.187. The summed E-state index contributed by atoms with van der Waals surface area (Å²) in [4.78, 5) is 19.7. The molecule has 2 fully saturated rings. The highest BCUT2D eigenvalue weighted by atomic mass is 79.9. The molecule has 2 atom stereocenters. The Kier molecular flexibility index (Phi) is 7.94. The van der Waals surface area contributed by atoms with Crippen LogP contribution in [-0.4, -0.2) is 37.4 Å². The first kappa shape index (κ1) is 25.8. The van der Waals surface area contributed by atoms with Gasteiger partial charge in [-0.15, -0.1) is 0 Å². The zero-order chi connectivity index (χ0) is 25.2. The van der Waals surface area contributed by atoms with Gasteiger partial charge in [0.05, 0.1) is 13.6 Å². The Morgan fingerprint density at radius 2 is 2.11 bits per heavy atom. The zero-order valence-electron chi connectivity index (χ0n) is 20.7. The van der Waals surface area contributed by atoms with E-state index in [9.17, 15) is 4.79 Å². The number of carbonyl (C=O) groups is 1. The third kappa shape index (κ3) is 5.93. The van der Waals surface area contributed by atoms with Gasteiger partial charge in [0.15, 0.2) is 5.82 Å². The number of pyridine rings is 1. The fourth-order valence-electron chi connectivity index (χ4n) is 4.75. The summed E-state index contributed by atoms with van der Waals surface area (Å²) >= 11 is 3.59. The lowest BCUT2D eigenvalue weighted by atomic mass is 9.83. The minimum atomic E-state index is -0.835. The van der Waals surface area contributed by atoms with Gasteiger partial charge < -0.3 is 15.6 Å². The van der Waals surface area contributed by atoms with Crippen molar-refractivity contribution in [3.8, 4) is 0 Å². The van der Waals surface area contributed by atoms with E-state index in [1.54, 1.807) is 0 Å². The lowest BCUT2D eigenvalue weighted by molar-refractivity contribution is -0.125. The molecule has 0 spiro atoms. The van der Waals surface area contributed by atoms with Crippen LogP contribution in [0.1, 0.15) is 43.0 Å². The van der Waals surface area contributed by atoms with Crippen molar-refractivity contribution >= 4 is 53.3 Å². The predicted octanol–water partition coefficient (Wildman–Crippen LogP) is 6.09. The summed E-state index contributed by atoms with van der Waals surface area (Å²) in [7, 11) is 0.987. The molecule has 3 N–H and O–H groups in total. The number of halogens is 1. The molecule has 1 unspecified atom stereocenters. The van der Waals surface area contributed by atoms with Crippen molar-refractivity contribution < 1.29 is 9.42 Å². The van der Waals surface area contributed by atoms with E-state index in [-0.39, 0.29) is 11.3 Å². The number of benzene rings is 1.